The molecule has 0 bridgehead atoms. The fourth-order valence-corrected chi connectivity index (χ4v) is 2.66. The molecular weight excluding hydrogens is 315 g/mol. The fraction of sp³-hybridized carbons (Fsp3) is 0.143. The van der Waals surface area contributed by atoms with E-state index in [-0.39, 0.29) is 10.7 Å². The van der Waals surface area contributed by atoms with Crippen molar-refractivity contribution in [2.45, 2.75) is 18.0 Å². The number of rotatable bonds is 5. The summed E-state index contributed by atoms with van der Waals surface area (Å²) in [5, 5.41) is 8.54. The minimum atomic E-state index is -3.70. The highest BCUT2D eigenvalue weighted by atomic mass is 35.5. The molecule has 0 atom stereocenters. The van der Waals surface area contributed by atoms with Crippen LogP contribution in [-0.2, 0) is 23.1 Å². The molecule has 0 saturated carbocycles. The van der Waals surface area contributed by atoms with Crippen LogP contribution in [0.25, 0.3) is 0 Å². The zero-order valence-electron chi connectivity index (χ0n) is 11.0. The van der Waals surface area contributed by atoms with E-state index < -0.39 is 10.0 Å². The zero-order chi connectivity index (χ0) is 15.5. The molecule has 0 aromatic heterocycles. The molecule has 0 aliphatic carbocycles. The van der Waals surface area contributed by atoms with Crippen molar-refractivity contribution in [3.8, 4) is 0 Å². The molecular formula is C14H14ClFN2O2S. The first-order valence-electron chi connectivity index (χ1n) is 6.12. The number of primary sulfonamides is 1. The van der Waals surface area contributed by atoms with Crippen LogP contribution in [0.2, 0.25) is 5.02 Å². The summed E-state index contributed by atoms with van der Waals surface area (Å²) in [5.74, 6) is -0.385. The van der Waals surface area contributed by atoms with Gasteiger partial charge >= 0.3 is 0 Å². The lowest BCUT2D eigenvalue weighted by molar-refractivity contribution is 0.597. The molecule has 2 aromatic rings. The molecule has 0 saturated heterocycles. The summed E-state index contributed by atoms with van der Waals surface area (Å²) in [6, 6.07) is 10.6. The first-order valence-corrected chi connectivity index (χ1v) is 8.05. The number of sulfonamides is 1. The third-order valence-corrected chi connectivity index (χ3v) is 4.15. The van der Waals surface area contributed by atoms with E-state index in [9.17, 15) is 12.8 Å². The van der Waals surface area contributed by atoms with Crippen LogP contribution in [-0.4, -0.2) is 8.42 Å². The van der Waals surface area contributed by atoms with Crippen LogP contribution in [0.5, 0.6) is 0 Å². The van der Waals surface area contributed by atoms with Crippen molar-refractivity contribution >= 4 is 21.6 Å². The van der Waals surface area contributed by atoms with Gasteiger partial charge in [-0.1, -0.05) is 29.8 Å². The van der Waals surface area contributed by atoms with Crippen molar-refractivity contribution in [2.75, 3.05) is 0 Å². The predicted molar refractivity (Wildman–Crippen MR) is 79.8 cm³/mol. The maximum atomic E-state index is 12.9. The normalized spacial score (nSPS) is 11.6. The molecule has 0 unspecified atom stereocenters. The lowest BCUT2D eigenvalue weighted by Crippen LogP contribution is -2.15. The van der Waals surface area contributed by atoms with Crippen molar-refractivity contribution in [3.63, 3.8) is 0 Å². The van der Waals surface area contributed by atoms with E-state index in [4.69, 9.17) is 16.7 Å². The second-order valence-corrected chi connectivity index (χ2v) is 6.50. The van der Waals surface area contributed by atoms with Gasteiger partial charge in [-0.15, -0.1) is 0 Å². The second kappa shape index (κ2) is 6.53. The second-order valence-electron chi connectivity index (χ2n) is 4.53. The van der Waals surface area contributed by atoms with Gasteiger partial charge in [0.1, 0.15) is 5.82 Å². The molecule has 21 heavy (non-hydrogen) atoms. The first-order chi connectivity index (χ1) is 9.86. The Morgan fingerprint density at radius 1 is 1.14 bits per heavy atom. The summed E-state index contributed by atoms with van der Waals surface area (Å²) >= 11 is 5.92. The molecule has 112 valence electrons. The summed E-state index contributed by atoms with van der Waals surface area (Å²) in [6.07, 6.45) is 0. The average Bonchev–Trinajstić information content (AvgIpc) is 2.41. The lowest BCUT2D eigenvalue weighted by Gasteiger charge is -2.08. The third-order valence-electron chi connectivity index (χ3n) is 2.89. The van der Waals surface area contributed by atoms with Crippen LogP contribution in [0.4, 0.5) is 4.39 Å². The number of hydrogen-bond acceptors (Lipinski definition) is 3. The summed E-state index contributed by atoms with van der Waals surface area (Å²) in [7, 11) is -3.70. The van der Waals surface area contributed by atoms with E-state index in [0.717, 1.165) is 11.1 Å². The Morgan fingerprint density at radius 2 is 1.90 bits per heavy atom. The largest absolute Gasteiger partial charge is 0.309 e. The van der Waals surface area contributed by atoms with E-state index in [1.54, 1.807) is 18.2 Å². The quantitative estimate of drug-likeness (QED) is 0.885. The van der Waals surface area contributed by atoms with Gasteiger partial charge in [0.25, 0.3) is 0 Å². The van der Waals surface area contributed by atoms with Crippen LogP contribution >= 0.6 is 11.6 Å². The Hall–Kier alpha value is -1.47. The van der Waals surface area contributed by atoms with Gasteiger partial charge < -0.3 is 5.32 Å². The van der Waals surface area contributed by atoms with E-state index in [2.05, 4.69) is 5.32 Å². The molecule has 0 fully saturated rings. The van der Waals surface area contributed by atoms with E-state index in [0.29, 0.717) is 18.1 Å². The zero-order valence-corrected chi connectivity index (χ0v) is 12.6. The van der Waals surface area contributed by atoms with Crippen molar-refractivity contribution < 1.29 is 12.8 Å². The summed E-state index contributed by atoms with van der Waals surface area (Å²) in [6.45, 7) is 0.885. The number of hydrogen-bond donors (Lipinski definition) is 2. The maximum absolute atomic E-state index is 12.9. The summed E-state index contributed by atoms with van der Waals surface area (Å²) in [5.41, 5.74) is 1.54. The van der Waals surface area contributed by atoms with Crippen LogP contribution < -0.4 is 10.5 Å². The van der Waals surface area contributed by atoms with Gasteiger partial charge in [-0.05, 0) is 35.4 Å². The van der Waals surface area contributed by atoms with Gasteiger partial charge in [0.15, 0.2) is 0 Å². The summed E-state index contributed by atoms with van der Waals surface area (Å²) < 4.78 is 35.4. The third kappa shape index (κ3) is 4.50. The number of benzene rings is 2. The smallest absolute Gasteiger partial charge is 0.238 e. The first kappa shape index (κ1) is 15.9. The number of nitrogens with two attached hydrogens (primary N) is 1. The SMILES string of the molecule is NS(=O)(=O)c1cccc(CNCc2ccc(F)cc2Cl)c1. The number of nitrogens with one attached hydrogen (secondary N) is 1. The lowest BCUT2D eigenvalue weighted by atomic mass is 10.2. The molecule has 3 N–H and O–H groups in total. The molecule has 0 heterocycles. The molecule has 0 radical (unpaired) electrons. The highest BCUT2D eigenvalue weighted by Gasteiger charge is 2.08. The Morgan fingerprint density at radius 3 is 2.57 bits per heavy atom. The molecule has 2 aromatic carbocycles. The van der Waals surface area contributed by atoms with Crippen LogP contribution in [0.15, 0.2) is 47.4 Å². The minimum absolute atomic E-state index is 0.0709. The van der Waals surface area contributed by atoms with Crippen molar-refractivity contribution in [2.24, 2.45) is 5.14 Å². The van der Waals surface area contributed by atoms with Gasteiger partial charge in [0.2, 0.25) is 10.0 Å². The summed E-state index contributed by atoms with van der Waals surface area (Å²) in [4.78, 5) is 0.0709. The molecule has 0 amide bonds. The van der Waals surface area contributed by atoms with Crippen molar-refractivity contribution in [3.05, 3.63) is 64.4 Å². The molecule has 4 nitrogen and oxygen atoms in total. The van der Waals surface area contributed by atoms with Gasteiger partial charge in [0, 0.05) is 18.1 Å². The molecule has 0 aliphatic rings. The fourth-order valence-electron chi connectivity index (χ4n) is 1.84. The Kier molecular flexibility index (Phi) is 4.95. The van der Waals surface area contributed by atoms with E-state index >= 15 is 0 Å². The Labute approximate surface area is 127 Å². The monoisotopic (exact) mass is 328 g/mol. The minimum Gasteiger partial charge on any atom is -0.309 e. The van der Waals surface area contributed by atoms with Crippen molar-refractivity contribution in [1.82, 2.24) is 5.32 Å². The maximum Gasteiger partial charge on any atom is 0.238 e. The van der Waals surface area contributed by atoms with Gasteiger partial charge in [-0.25, -0.2) is 17.9 Å². The van der Waals surface area contributed by atoms with Gasteiger partial charge in [0.05, 0.1) is 4.90 Å². The van der Waals surface area contributed by atoms with E-state index in [1.165, 1.54) is 24.3 Å². The number of halogens is 2. The van der Waals surface area contributed by atoms with E-state index in [1.807, 2.05) is 0 Å². The van der Waals surface area contributed by atoms with Gasteiger partial charge in [-0.3, -0.25) is 0 Å². The average molecular weight is 329 g/mol. The Bertz CT molecular complexity index is 750. The molecule has 0 spiro atoms. The van der Waals surface area contributed by atoms with Gasteiger partial charge in [-0.2, -0.15) is 0 Å². The highest BCUT2D eigenvalue weighted by Crippen LogP contribution is 2.17. The molecule has 2 rings (SSSR count). The standard InChI is InChI=1S/C14H14ClFN2O2S/c15-14-7-12(16)5-4-11(14)9-18-8-10-2-1-3-13(6-10)21(17,19)20/h1-7,18H,8-9H2,(H2,17,19,20). The van der Waals surface area contributed by atoms with Crippen LogP contribution in [0.1, 0.15) is 11.1 Å². The van der Waals surface area contributed by atoms with Crippen LogP contribution in [0, 0.1) is 5.82 Å². The topological polar surface area (TPSA) is 72.2 Å². The predicted octanol–water partition coefficient (Wildman–Crippen LogP) is 2.42. The Balaban J connectivity index is 2.01. The van der Waals surface area contributed by atoms with Crippen molar-refractivity contribution in [1.29, 1.82) is 0 Å². The molecule has 0 aliphatic heterocycles. The van der Waals surface area contributed by atoms with Crippen LogP contribution in [0.3, 0.4) is 0 Å². The molecule has 7 heteroatoms. The highest BCUT2D eigenvalue weighted by molar-refractivity contribution is 7.89.